The minimum atomic E-state index is 0.394. The lowest BCUT2D eigenvalue weighted by atomic mass is 9.95. The fourth-order valence-corrected chi connectivity index (χ4v) is 2.55. The van der Waals surface area contributed by atoms with Crippen LogP contribution in [0.3, 0.4) is 0 Å². The summed E-state index contributed by atoms with van der Waals surface area (Å²) in [5, 5.41) is 7.89. The lowest BCUT2D eigenvalue weighted by Crippen LogP contribution is -2.32. The molecule has 0 amide bonds. The number of nitrogens with one attached hydrogen (secondary N) is 1. The van der Waals surface area contributed by atoms with Gasteiger partial charge in [-0.2, -0.15) is 5.10 Å². The fraction of sp³-hybridized carbons (Fsp3) is 0.800. The van der Waals surface area contributed by atoms with E-state index < -0.39 is 0 Å². The van der Waals surface area contributed by atoms with Crippen molar-refractivity contribution in [2.24, 2.45) is 0 Å². The molecule has 0 aromatic carbocycles. The maximum atomic E-state index is 5.70. The molecule has 1 fully saturated rings. The molecule has 0 bridgehead atoms. The molecule has 108 valence electrons. The van der Waals surface area contributed by atoms with Gasteiger partial charge in [-0.05, 0) is 39.7 Å². The Balaban J connectivity index is 1.55. The fourth-order valence-electron chi connectivity index (χ4n) is 2.55. The van der Waals surface area contributed by atoms with Crippen LogP contribution in [0.4, 0.5) is 0 Å². The molecule has 1 aromatic heterocycles. The first-order valence-corrected chi connectivity index (χ1v) is 7.66. The highest BCUT2D eigenvalue weighted by Crippen LogP contribution is 2.17. The third kappa shape index (κ3) is 4.86. The average molecular weight is 265 g/mol. The summed E-state index contributed by atoms with van der Waals surface area (Å²) in [6.45, 7) is 6.06. The zero-order valence-corrected chi connectivity index (χ0v) is 12.3. The Kier molecular flexibility index (Phi) is 5.70. The molecule has 1 aromatic rings. The Hall–Kier alpha value is -1.03. The summed E-state index contributed by atoms with van der Waals surface area (Å²) in [7, 11) is 0. The minimum absolute atomic E-state index is 0.394. The van der Waals surface area contributed by atoms with Gasteiger partial charge >= 0.3 is 0 Å². The third-order valence-electron chi connectivity index (χ3n) is 3.73. The van der Waals surface area contributed by atoms with E-state index >= 15 is 0 Å². The van der Waals surface area contributed by atoms with Gasteiger partial charge in [0.15, 0.2) is 5.75 Å². The number of ether oxygens (including phenoxy) is 1. The summed E-state index contributed by atoms with van der Waals surface area (Å²) in [6.07, 6.45) is 11.7. The zero-order chi connectivity index (χ0) is 13.5. The SMILES string of the molecule is CC(C)n1cc(OCCCNC2CCCCC2)cn1. The second kappa shape index (κ2) is 7.53. The van der Waals surface area contributed by atoms with Gasteiger partial charge in [0.2, 0.25) is 0 Å². The second-order valence-corrected chi connectivity index (χ2v) is 5.74. The van der Waals surface area contributed by atoms with Crippen LogP contribution < -0.4 is 10.1 Å². The molecular weight excluding hydrogens is 238 g/mol. The largest absolute Gasteiger partial charge is 0.490 e. The van der Waals surface area contributed by atoms with Crippen LogP contribution in [0.15, 0.2) is 12.4 Å². The zero-order valence-electron chi connectivity index (χ0n) is 12.3. The Morgan fingerprint density at radius 1 is 1.37 bits per heavy atom. The number of hydrogen-bond donors (Lipinski definition) is 1. The molecule has 0 aliphatic heterocycles. The van der Waals surface area contributed by atoms with Crippen molar-refractivity contribution in [1.82, 2.24) is 15.1 Å². The standard InChI is InChI=1S/C15H27N3O/c1-13(2)18-12-15(11-17-18)19-10-6-9-16-14-7-4-3-5-8-14/h11-14,16H,3-10H2,1-2H3. The molecule has 0 atom stereocenters. The van der Waals surface area contributed by atoms with Gasteiger partial charge < -0.3 is 10.1 Å². The summed E-state index contributed by atoms with van der Waals surface area (Å²) >= 11 is 0. The van der Waals surface area contributed by atoms with Crippen molar-refractivity contribution in [3.05, 3.63) is 12.4 Å². The summed E-state index contributed by atoms with van der Waals surface area (Å²) < 4.78 is 7.63. The molecule has 19 heavy (non-hydrogen) atoms. The van der Waals surface area contributed by atoms with E-state index in [1.807, 2.05) is 10.9 Å². The van der Waals surface area contributed by atoms with Crippen LogP contribution in [0, 0.1) is 0 Å². The predicted molar refractivity (Wildman–Crippen MR) is 77.6 cm³/mol. The van der Waals surface area contributed by atoms with Gasteiger partial charge in [0.25, 0.3) is 0 Å². The smallest absolute Gasteiger partial charge is 0.157 e. The highest BCUT2D eigenvalue weighted by atomic mass is 16.5. The maximum absolute atomic E-state index is 5.70. The molecule has 1 heterocycles. The lowest BCUT2D eigenvalue weighted by Gasteiger charge is -2.22. The van der Waals surface area contributed by atoms with Crippen LogP contribution in [0.5, 0.6) is 5.75 Å². The number of rotatable bonds is 7. The molecule has 1 aliphatic carbocycles. The number of hydrogen-bond acceptors (Lipinski definition) is 3. The average Bonchev–Trinajstić information content (AvgIpc) is 2.89. The molecule has 1 N–H and O–H groups in total. The van der Waals surface area contributed by atoms with Gasteiger partial charge in [-0.15, -0.1) is 0 Å². The Morgan fingerprint density at radius 3 is 2.84 bits per heavy atom. The molecule has 4 heteroatoms. The summed E-state index contributed by atoms with van der Waals surface area (Å²) in [6, 6.07) is 1.14. The van der Waals surface area contributed by atoms with Gasteiger partial charge in [0, 0.05) is 12.1 Å². The van der Waals surface area contributed by atoms with Gasteiger partial charge in [-0.3, -0.25) is 4.68 Å². The van der Waals surface area contributed by atoms with Crippen LogP contribution in [0.1, 0.15) is 58.4 Å². The predicted octanol–water partition coefficient (Wildman–Crippen LogP) is 3.16. The van der Waals surface area contributed by atoms with E-state index in [-0.39, 0.29) is 0 Å². The van der Waals surface area contributed by atoms with Crippen LogP contribution in [0.25, 0.3) is 0 Å². The van der Waals surface area contributed by atoms with Crippen molar-refractivity contribution in [3.8, 4) is 5.75 Å². The van der Waals surface area contributed by atoms with E-state index in [1.54, 1.807) is 6.20 Å². The Morgan fingerprint density at radius 2 is 2.16 bits per heavy atom. The monoisotopic (exact) mass is 265 g/mol. The number of aromatic nitrogens is 2. The van der Waals surface area contributed by atoms with E-state index in [2.05, 4.69) is 24.3 Å². The van der Waals surface area contributed by atoms with Crippen molar-refractivity contribution in [2.45, 2.75) is 64.5 Å². The quantitative estimate of drug-likeness (QED) is 0.770. The first-order valence-electron chi connectivity index (χ1n) is 7.66. The second-order valence-electron chi connectivity index (χ2n) is 5.74. The molecule has 2 rings (SSSR count). The van der Waals surface area contributed by atoms with Gasteiger partial charge in [0.05, 0.1) is 19.0 Å². The third-order valence-corrected chi connectivity index (χ3v) is 3.73. The summed E-state index contributed by atoms with van der Waals surface area (Å²) in [5.74, 6) is 0.881. The van der Waals surface area contributed by atoms with Crippen LogP contribution in [-0.2, 0) is 0 Å². The summed E-state index contributed by atoms with van der Waals surface area (Å²) in [4.78, 5) is 0. The first-order chi connectivity index (χ1) is 9.25. The molecule has 4 nitrogen and oxygen atoms in total. The van der Waals surface area contributed by atoms with E-state index in [4.69, 9.17) is 4.74 Å². The highest BCUT2D eigenvalue weighted by Gasteiger charge is 2.11. The number of nitrogens with zero attached hydrogens (tertiary/aromatic N) is 2. The van der Waals surface area contributed by atoms with Crippen molar-refractivity contribution in [1.29, 1.82) is 0 Å². The first kappa shape index (κ1) is 14.4. The lowest BCUT2D eigenvalue weighted by molar-refractivity contribution is 0.296. The van der Waals surface area contributed by atoms with E-state index in [1.165, 1.54) is 32.1 Å². The van der Waals surface area contributed by atoms with Gasteiger partial charge in [-0.1, -0.05) is 19.3 Å². The van der Waals surface area contributed by atoms with E-state index in [9.17, 15) is 0 Å². The highest BCUT2D eigenvalue weighted by molar-refractivity contribution is 5.11. The molecule has 0 saturated heterocycles. The maximum Gasteiger partial charge on any atom is 0.157 e. The van der Waals surface area contributed by atoms with Crippen molar-refractivity contribution < 1.29 is 4.74 Å². The topological polar surface area (TPSA) is 39.1 Å². The minimum Gasteiger partial charge on any atom is -0.490 e. The Labute approximate surface area is 116 Å². The van der Waals surface area contributed by atoms with E-state index in [0.717, 1.165) is 31.4 Å². The van der Waals surface area contributed by atoms with Crippen molar-refractivity contribution >= 4 is 0 Å². The van der Waals surface area contributed by atoms with Crippen LogP contribution >= 0.6 is 0 Å². The van der Waals surface area contributed by atoms with E-state index in [0.29, 0.717) is 6.04 Å². The normalized spacial score (nSPS) is 17.0. The van der Waals surface area contributed by atoms with Gasteiger partial charge in [-0.25, -0.2) is 0 Å². The molecule has 0 spiro atoms. The molecule has 0 unspecified atom stereocenters. The summed E-state index contributed by atoms with van der Waals surface area (Å²) in [5.41, 5.74) is 0. The van der Waals surface area contributed by atoms with Crippen LogP contribution in [-0.4, -0.2) is 29.0 Å². The Bertz CT molecular complexity index is 356. The van der Waals surface area contributed by atoms with Crippen molar-refractivity contribution in [3.63, 3.8) is 0 Å². The van der Waals surface area contributed by atoms with Crippen LogP contribution in [0.2, 0.25) is 0 Å². The molecule has 1 aliphatic rings. The molecule has 1 saturated carbocycles. The van der Waals surface area contributed by atoms with Gasteiger partial charge in [0.1, 0.15) is 0 Å². The molecule has 0 radical (unpaired) electrons. The molecular formula is C15H27N3O. The van der Waals surface area contributed by atoms with Crippen molar-refractivity contribution in [2.75, 3.05) is 13.2 Å².